The summed E-state index contributed by atoms with van der Waals surface area (Å²) in [6, 6.07) is 3.55. The van der Waals surface area contributed by atoms with E-state index in [1.807, 2.05) is 0 Å². The Kier molecular flexibility index (Phi) is 6.14. The molecule has 0 aliphatic rings. The second-order valence-electron chi connectivity index (χ2n) is 6.39. The van der Waals surface area contributed by atoms with Gasteiger partial charge >= 0.3 is 0 Å². The van der Waals surface area contributed by atoms with Gasteiger partial charge in [0.05, 0.1) is 33.8 Å². The Morgan fingerprint density at radius 2 is 1.80 bits per heavy atom. The van der Waals surface area contributed by atoms with Crippen molar-refractivity contribution < 1.29 is 13.9 Å². The number of benzene rings is 1. The van der Waals surface area contributed by atoms with E-state index in [9.17, 15) is 13.9 Å². The van der Waals surface area contributed by atoms with Gasteiger partial charge in [-0.1, -0.05) is 17.7 Å². The number of aliphatic hydroxyl groups is 1. The van der Waals surface area contributed by atoms with Gasteiger partial charge in [-0.3, -0.25) is 4.68 Å². The van der Waals surface area contributed by atoms with Gasteiger partial charge < -0.3 is 15.7 Å². The van der Waals surface area contributed by atoms with Crippen LogP contribution in [0.2, 0.25) is 5.02 Å². The van der Waals surface area contributed by atoms with Gasteiger partial charge in [-0.25, -0.2) is 13.8 Å². The summed E-state index contributed by atoms with van der Waals surface area (Å²) in [5.41, 5.74) is 0.161. The van der Waals surface area contributed by atoms with Crippen LogP contribution in [0.3, 0.4) is 0 Å². The number of rotatable bonds is 7. The SMILES string of the molecule is [B]C([B])(O)C([B])([B])n1cc(Nc2ncc(Cl)c(NCc3c(F)cccc3F)n2)cn1. The molecule has 3 rings (SSSR count). The zero-order chi connectivity index (χ0) is 22.1. The lowest BCUT2D eigenvalue weighted by Crippen LogP contribution is -2.58. The summed E-state index contributed by atoms with van der Waals surface area (Å²) in [6.45, 7) is -0.193. The largest absolute Gasteiger partial charge is 0.408 e. The normalized spacial score (nSPS) is 12.0. The number of anilines is 3. The van der Waals surface area contributed by atoms with Gasteiger partial charge in [0, 0.05) is 18.3 Å². The molecule has 2 heterocycles. The number of nitrogens with zero attached hydrogens (tertiary/aromatic N) is 4. The van der Waals surface area contributed by atoms with Crippen LogP contribution in [0.15, 0.2) is 36.8 Å². The van der Waals surface area contributed by atoms with E-state index in [-0.39, 0.29) is 28.9 Å². The van der Waals surface area contributed by atoms with E-state index in [0.29, 0.717) is 5.69 Å². The number of hydrogen-bond acceptors (Lipinski definition) is 6. The van der Waals surface area contributed by atoms with Crippen LogP contribution in [0.4, 0.5) is 26.2 Å². The average molecular weight is 420 g/mol. The Labute approximate surface area is 181 Å². The molecule has 0 unspecified atom stereocenters. The van der Waals surface area contributed by atoms with Gasteiger partial charge in [-0.15, -0.1) is 0 Å². The van der Waals surface area contributed by atoms with E-state index in [4.69, 9.17) is 43.0 Å². The van der Waals surface area contributed by atoms with Gasteiger partial charge in [0.2, 0.25) is 5.95 Å². The maximum Gasteiger partial charge on any atom is 0.229 e. The van der Waals surface area contributed by atoms with Crippen LogP contribution < -0.4 is 10.6 Å². The topological polar surface area (TPSA) is 87.9 Å². The van der Waals surface area contributed by atoms with Crippen LogP contribution in [-0.2, 0) is 11.9 Å². The van der Waals surface area contributed by atoms with Crippen molar-refractivity contribution >= 4 is 60.4 Å². The molecule has 0 aliphatic carbocycles. The van der Waals surface area contributed by atoms with Gasteiger partial charge in [-0.05, 0) is 22.9 Å². The zero-order valence-electron chi connectivity index (χ0n) is 15.4. The van der Waals surface area contributed by atoms with Crippen LogP contribution >= 0.6 is 11.6 Å². The molecule has 0 fully saturated rings. The highest BCUT2D eigenvalue weighted by Crippen LogP contribution is 2.24. The molecule has 2 aromatic heterocycles. The molecule has 0 bridgehead atoms. The number of nitrogens with one attached hydrogen (secondary N) is 2. The molecule has 8 radical (unpaired) electrons. The summed E-state index contributed by atoms with van der Waals surface area (Å²) < 4.78 is 28.5. The average Bonchev–Trinajstić information content (AvgIpc) is 3.12. The Morgan fingerprint density at radius 1 is 1.13 bits per heavy atom. The third-order valence-corrected chi connectivity index (χ3v) is 4.37. The molecular formula is C16H11B4ClF2N6O. The maximum absolute atomic E-state index is 13.8. The summed E-state index contributed by atoms with van der Waals surface area (Å²) in [6.07, 6.45) is 3.90. The minimum Gasteiger partial charge on any atom is -0.408 e. The van der Waals surface area contributed by atoms with E-state index < -0.39 is 22.4 Å². The number of hydrogen-bond donors (Lipinski definition) is 3. The van der Waals surface area contributed by atoms with Crippen LogP contribution in [0.1, 0.15) is 5.56 Å². The Bertz CT molecular complexity index is 1040. The summed E-state index contributed by atoms with van der Waals surface area (Å²) in [5.74, 6) is -1.20. The molecule has 144 valence electrons. The van der Waals surface area contributed by atoms with Crippen molar-refractivity contribution in [2.75, 3.05) is 10.6 Å². The summed E-state index contributed by atoms with van der Waals surface area (Å²) in [7, 11) is 22.1. The van der Waals surface area contributed by atoms with E-state index in [2.05, 4.69) is 25.7 Å². The predicted molar refractivity (Wildman–Crippen MR) is 112 cm³/mol. The highest BCUT2D eigenvalue weighted by molar-refractivity contribution is 6.52. The van der Waals surface area contributed by atoms with Crippen molar-refractivity contribution in [3.05, 3.63) is 59.0 Å². The molecule has 0 aliphatic heterocycles. The minimum absolute atomic E-state index is 0.0749. The quantitative estimate of drug-likeness (QED) is 0.493. The smallest absolute Gasteiger partial charge is 0.229 e. The first kappa shape index (κ1) is 22.2. The molecule has 0 spiro atoms. The monoisotopic (exact) mass is 420 g/mol. The molecule has 0 saturated heterocycles. The first-order valence-corrected chi connectivity index (χ1v) is 8.76. The number of aromatic nitrogens is 4. The molecular weight excluding hydrogens is 409 g/mol. The molecule has 0 amide bonds. The van der Waals surface area contributed by atoms with E-state index in [0.717, 1.165) is 16.8 Å². The summed E-state index contributed by atoms with van der Waals surface area (Å²) >= 11 is 6.05. The summed E-state index contributed by atoms with van der Waals surface area (Å²) in [4.78, 5) is 8.16. The molecule has 7 nitrogen and oxygen atoms in total. The van der Waals surface area contributed by atoms with Gasteiger partial charge in [-0.2, -0.15) is 10.1 Å². The van der Waals surface area contributed by atoms with Crippen molar-refractivity contribution in [3.8, 4) is 0 Å². The number of halogens is 3. The third kappa shape index (κ3) is 4.62. The maximum atomic E-state index is 13.8. The lowest BCUT2D eigenvalue weighted by Gasteiger charge is -2.40. The van der Waals surface area contributed by atoms with E-state index in [1.54, 1.807) is 0 Å². The van der Waals surface area contributed by atoms with Crippen LogP contribution in [0.25, 0.3) is 0 Å². The Morgan fingerprint density at radius 3 is 2.43 bits per heavy atom. The standard InChI is InChI=1S/C16H11B4ClF2N6O/c17-15(18,16(19,20)30)29-7-8(4-26-29)27-14-25-6-10(21)13(28-14)24-5-9-11(22)2-1-3-12(9)23/h1-4,6-7,30H,5H2,(H2,24,25,27,28). The van der Waals surface area contributed by atoms with Gasteiger partial charge in [0.25, 0.3) is 0 Å². The fourth-order valence-electron chi connectivity index (χ4n) is 2.33. The van der Waals surface area contributed by atoms with Crippen molar-refractivity contribution in [1.29, 1.82) is 0 Å². The van der Waals surface area contributed by atoms with Crippen molar-refractivity contribution in [2.24, 2.45) is 0 Å². The van der Waals surface area contributed by atoms with Gasteiger partial charge in [0.15, 0.2) is 5.82 Å². The highest BCUT2D eigenvalue weighted by atomic mass is 35.5. The van der Waals surface area contributed by atoms with Crippen molar-refractivity contribution in [1.82, 2.24) is 19.7 Å². The van der Waals surface area contributed by atoms with Crippen LogP contribution in [0, 0.1) is 11.6 Å². The first-order valence-electron chi connectivity index (χ1n) is 8.38. The summed E-state index contributed by atoms with van der Waals surface area (Å²) in [5, 5.41) is 14.7. The molecule has 0 atom stereocenters. The van der Waals surface area contributed by atoms with Crippen LogP contribution in [0.5, 0.6) is 0 Å². The second-order valence-corrected chi connectivity index (χ2v) is 6.80. The molecule has 1 aromatic carbocycles. The molecule has 3 N–H and O–H groups in total. The second kappa shape index (κ2) is 8.31. The fourth-order valence-corrected chi connectivity index (χ4v) is 2.48. The predicted octanol–water partition coefficient (Wildman–Crippen LogP) is 0.891. The molecule has 14 heteroatoms. The van der Waals surface area contributed by atoms with E-state index in [1.165, 1.54) is 24.7 Å². The highest BCUT2D eigenvalue weighted by Gasteiger charge is 2.35. The minimum atomic E-state index is -2.45. The third-order valence-electron chi connectivity index (χ3n) is 4.10. The molecule has 0 saturated carbocycles. The van der Waals surface area contributed by atoms with E-state index >= 15 is 0 Å². The van der Waals surface area contributed by atoms with Crippen LogP contribution in [-0.4, -0.2) is 61.6 Å². The van der Waals surface area contributed by atoms with Gasteiger partial charge in [0.1, 0.15) is 32.3 Å². The van der Waals surface area contributed by atoms with Crippen molar-refractivity contribution in [3.63, 3.8) is 0 Å². The fraction of sp³-hybridized carbons (Fsp3) is 0.188. The Hall–Kier alpha value is -2.52. The molecule has 3 aromatic rings. The molecule has 30 heavy (non-hydrogen) atoms. The first-order chi connectivity index (χ1) is 14.0. The lowest BCUT2D eigenvalue weighted by molar-refractivity contribution is 0.156. The lowest BCUT2D eigenvalue weighted by atomic mass is 9.40. The Balaban J connectivity index is 1.76. The van der Waals surface area contributed by atoms with Crippen molar-refractivity contribution in [2.45, 2.75) is 17.3 Å². The zero-order valence-corrected chi connectivity index (χ0v) is 16.1.